The number of aromatic nitrogens is 1. The summed E-state index contributed by atoms with van der Waals surface area (Å²) < 4.78 is 4.88. The second-order valence-electron chi connectivity index (χ2n) is 8.18. The van der Waals surface area contributed by atoms with Crippen LogP contribution in [0.5, 0.6) is 0 Å². The molecule has 178 valence electrons. The van der Waals surface area contributed by atoms with Crippen molar-refractivity contribution in [2.75, 3.05) is 7.11 Å². The highest BCUT2D eigenvalue weighted by Crippen LogP contribution is 2.35. The number of ether oxygens (including phenoxy) is 1. The number of nitrogens with zero attached hydrogens (tertiary/aromatic N) is 1. The van der Waals surface area contributed by atoms with Crippen molar-refractivity contribution < 1.29 is 4.74 Å². The lowest BCUT2D eigenvalue weighted by Crippen LogP contribution is -2.22. The van der Waals surface area contributed by atoms with Crippen molar-refractivity contribution in [1.82, 2.24) is 4.98 Å². The van der Waals surface area contributed by atoms with Crippen LogP contribution < -0.4 is 0 Å². The molecule has 2 unspecified atom stereocenters. The van der Waals surface area contributed by atoms with Gasteiger partial charge < -0.3 is 4.74 Å². The molecule has 34 heavy (non-hydrogen) atoms. The molecule has 0 radical (unpaired) electrons. The van der Waals surface area contributed by atoms with E-state index in [1.807, 2.05) is 30.3 Å². The molecule has 4 rings (SSSR count). The maximum absolute atomic E-state index is 8.64. The Kier molecular flexibility index (Phi) is 11.5. The zero-order chi connectivity index (χ0) is 24.8. The van der Waals surface area contributed by atoms with E-state index in [1.54, 1.807) is 13.3 Å². The van der Waals surface area contributed by atoms with Crippen LogP contribution in [0.1, 0.15) is 56.9 Å². The van der Waals surface area contributed by atoms with Crippen LogP contribution in [0.25, 0.3) is 11.8 Å². The summed E-state index contributed by atoms with van der Waals surface area (Å²) in [5.41, 5.74) is 4.81. The van der Waals surface area contributed by atoms with Crippen molar-refractivity contribution >= 4 is 17.5 Å². The lowest BCUT2D eigenvalue weighted by atomic mass is 9.75. The van der Waals surface area contributed by atoms with Gasteiger partial charge in [0.25, 0.3) is 0 Å². The smallest absolute Gasteiger partial charge is 0.137 e. The Hall–Kier alpha value is -3.46. The molecule has 2 atom stereocenters. The molecule has 3 heteroatoms. The molecule has 0 amide bonds. The van der Waals surface area contributed by atoms with Crippen molar-refractivity contribution in [1.29, 1.82) is 5.41 Å². The summed E-state index contributed by atoms with van der Waals surface area (Å²) in [6.07, 6.45) is 20.5. The number of fused-ring (bicyclic) bond motifs is 2. The normalized spacial score (nSPS) is 19.1. The van der Waals surface area contributed by atoms with Gasteiger partial charge in [-0.2, -0.15) is 0 Å². The molecular formula is C31H38N2O. The van der Waals surface area contributed by atoms with Gasteiger partial charge in [0.2, 0.25) is 0 Å². The van der Waals surface area contributed by atoms with Gasteiger partial charge in [0.15, 0.2) is 0 Å². The van der Waals surface area contributed by atoms with Crippen LogP contribution in [-0.2, 0) is 4.74 Å². The molecule has 0 aliphatic heterocycles. The molecule has 2 aromatic rings. The second-order valence-corrected chi connectivity index (χ2v) is 8.18. The van der Waals surface area contributed by atoms with Gasteiger partial charge in [-0.05, 0) is 42.0 Å². The number of nitrogens with one attached hydrogen (secondary N) is 1. The Morgan fingerprint density at radius 3 is 2.56 bits per heavy atom. The van der Waals surface area contributed by atoms with Gasteiger partial charge in [-0.3, -0.25) is 10.4 Å². The summed E-state index contributed by atoms with van der Waals surface area (Å²) in [5, 5.41) is 8.64. The molecule has 0 saturated heterocycles. The molecule has 0 fully saturated rings. The van der Waals surface area contributed by atoms with Gasteiger partial charge in [0.05, 0.1) is 12.8 Å². The van der Waals surface area contributed by atoms with Crippen LogP contribution in [0, 0.1) is 17.2 Å². The zero-order valence-electron chi connectivity index (χ0n) is 21.0. The lowest BCUT2D eigenvalue weighted by Gasteiger charge is -2.29. The number of allylic oxidation sites excluding steroid dienone is 7. The maximum atomic E-state index is 8.64. The first-order chi connectivity index (χ1) is 16.6. The first-order valence-electron chi connectivity index (χ1n) is 12.1. The van der Waals surface area contributed by atoms with E-state index in [2.05, 4.69) is 87.0 Å². The number of methoxy groups -OCH3 is 1. The Morgan fingerprint density at radius 2 is 1.88 bits per heavy atom. The lowest BCUT2D eigenvalue weighted by molar-refractivity contribution is 0.369. The molecule has 1 aromatic carbocycles. The van der Waals surface area contributed by atoms with Crippen LogP contribution in [0.2, 0.25) is 0 Å². The van der Waals surface area contributed by atoms with Gasteiger partial charge in [-0.15, -0.1) is 0 Å². The second kappa shape index (κ2) is 14.6. The molecule has 1 heterocycles. The van der Waals surface area contributed by atoms with Crippen LogP contribution in [0.3, 0.4) is 0 Å². The standard InChI is InChI=1S/C20H21N.C8H9NO.C3H8/c1-2-3-8-15-13-14-16-9-4-5-11-18(16)20(21)19-12-7-6-10-17(15)19;1-7(10-2)8-5-3-4-6-9-8;1-3-2/h3-9,11-15,17,21H,2,10H2,1H3;3-6H,1H2,2H3;3H2,1-2H3/b8-3?,14-13-,21-20?;;. The average Bonchev–Trinajstić information content (AvgIpc) is 2.89. The SMILES string of the molecule is C=C(OC)c1ccccn1.CCC.CCC=CC1/C=C\c2ccccc2C(=N)C2=CC=CCC21. The molecule has 2 aliphatic carbocycles. The van der Waals surface area contributed by atoms with Crippen LogP contribution in [0.4, 0.5) is 0 Å². The van der Waals surface area contributed by atoms with E-state index in [9.17, 15) is 0 Å². The Morgan fingerprint density at radius 1 is 1.15 bits per heavy atom. The van der Waals surface area contributed by atoms with Crippen molar-refractivity contribution in [3.63, 3.8) is 0 Å². The minimum atomic E-state index is 0.370. The fraction of sp³-hybridized carbons (Fsp3) is 0.290. The van der Waals surface area contributed by atoms with Gasteiger partial charge in [-0.1, -0.05) is 107 Å². The Balaban J connectivity index is 0.000000263. The van der Waals surface area contributed by atoms with Crippen LogP contribution >= 0.6 is 0 Å². The number of benzene rings is 1. The molecule has 1 N–H and O–H groups in total. The van der Waals surface area contributed by atoms with Gasteiger partial charge >= 0.3 is 0 Å². The number of hydrogen-bond donors (Lipinski definition) is 1. The molecule has 1 aromatic heterocycles. The summed E-state index contributed by atoms with van der Waals surface area (Å²) >= 11 is 0. The predicted molar refractivity (Wildman–Crippen MR) is 147 cm³/mol. The van der Waals surface area contributed by atoms with Crippen LogP contribution in [-0.4, -0.2) is 17.8 Å². The minimum Gasteiger partial charge on any atom is -0.495 e. The molecular weight excluding hydrogens is 416 g/mol. The summed E-state index contributed by atoms with van der Waals surface area (Å²) in [7, 11) is 1.58. The predicted octanol–water partition coefficient (Wildman–Crippen LogP) is 8.28. The van der Waals surface area contributed by atoms with E-state index in [0.29, 0.717) is 23.3 Å². The van der Waals surface area contributed by atoms with E-state index in [-0.39, 0.29) is 0 Å². The summed E-state index contributed by atoms with van der Waals surface area (Å²) in [4.78, 5) is 4.02. The molecule has 2 aliphatic rings. The number of rotatable bonds is 4. The third-order valence-corrected chi connectivity index (χ3v) is 5.47. The van der Waals surface area contributed by atoms with Crippen molar-refractivity contribution in [2.24, 2.45) is 11.8 Å². The van der Waals surface area contributed by atoms with E-state index in [4.69, 9.17) is 10.1 Å². The average molecular weight is 455 g/mol. The molecule has 3 nitrogen and oxygen atoms in total. The van der Waals surface area contributed by atoms with Crippen molar-refractivity contribution in [3.05, 3.63) is 114 Å². The molecule has 0 bridgehead atoms. The Labute approximate surface area is 205 Å². The number of hydrogen-bond acceptors (Lipinski definition) is 3. The van der Waals surface area contributed by atoms with Gasteiger partial charge in [0, 0.05) is 17.7 Å². The maximum Gasteiger partial charge on any atom is 0.137 e. The number of pyridine rings is 1. The highest BCUT2D eigenvalue weighted by atomic mass is 16.5. The summed E-state index contributed by atoms with van der Waals surface area (Å²) in [6.45, 7) is 10.1. The van der Waals surface area contributed by atoms with Gasteiger partial charge in [-0.25, -0.2) is 0 Å². The largest absolute Gasteiger partial charge is 0.495 e. The first-order valence-corrected chi connectivity index (χ1v) is 12.1. The highest BCUT2D eigenvalue weighted by molar-refractivity contribution is 6.13. The fourth-order valence-corrected chi connectivity index (χ4v) is 3.78. The summed E-state index contributed by atoms with van der Waals surface area (Å²) in [6, 6.07) is 13.8. The molecule has 0 saturated carbocycles. The third-order valence-electron chi connectivity index (χ3n) is 5.47. The van der Waals surface area contributed by atoms with E-state index in [0.717, 1.165) is 29.7 Å². The van der Waals surface area contributed by atoms with E-state index < -0.39 is 0 Å². The minimum absolute atomic E-state index is 0.370. The van der Waals surface area contributed by atoms with Crippen molar-refractivity contribution in [2.45, 2.75) is 40.0 Å². The van der Waals surface area contributed by atoms with E-state index in [1.165, 1.54) is 12.0 Å². The third kappa shape index (κ3) is 7.55. The quantitative estimate of drug-likeness (QED) is 0.373. The zero-order valence-corrected chi connectivity index (χ0v) is 21.0. The molecule has 0 spiro atoms. The first kappa shape index (κ1) is 26.8. The Bertz CT molecular complexity index is 1040. The topological polar surface area (TPSA) is 46.0 Å². The highest BCUT2D eigenvalue weighted by Gasteiger charge is 2.27. The van der Waals surface area contributed by atoms with Gasteiger partial charge in [0.1, 0.15) is 11.5 Å². The van der Waals surface area contributed by atoms with Crippen LogP contribution in [0.15, 0.2) is 97.3 Å². The van der Waals surface area contributed by atoms with Crippen molar-refractivity contribution in [3.8, 4) is 0 Å². The fourth-order valence-electron chi connectivity index (χ4n) is 3.78. The summed E-state index contributed by atoms with van der Waals surface area (Å²) in [5.74, 6) is 1.35. The monoisotopic (exact) mass is 454 g/mol. The van der Waals surface area contributed by atoms with E-state index >= 15 is 0 Å².